The minimum Gasteiger partial charge on any atom is -0.504 e. The Morgan fingerprint density at radius 1 is 0.283 bits per heavy atom. The smallest absolute Gasteiger partial charge is 0.160 e. The summed E-state index contributed by atoms with van der Waals surface area (Å²) < 4.78 is 35.7. The van der Waals surface area contributed by atoms with Crippen molar-refractivity contribution in [2.24, 2.45) is 0 Å². The molecule has 0 fully saturated rings. The monoisotopic (exact) mass is 876 g/mol. The van der Waals surface area contributed by atoms with Crippen molar-refractivity contribution in [2.75, 3.05) is 42.7 Å². The van der Waals surface area contributed by atoms with Crippen LogP contribution in [0.4, 0.5) is 0 Å². The van der Waals surface area contributed by atoms with Crippen LogP contribution in [0.25, 0.3) is 0 Å². The molecular weight excluding hydrogens is 833 g/mol. The fourth-order valence-corrected chi connectivity index (χ4v) is 13.2. The van der Waals surface area contributed by atoms with Crippen LogP contribution >= 0.6 is 43.2 Å². The number of benzene rings is 6. The Balaban J connectivity index is 1.28. The predicted octanol–water partition coefficient (Wildman–Crippen LogP) is 11.2. The van der Waals surface area contributed by atoms with Crippen molar-refractivity contribution in [3.63, 3.8) is 0 Å². The van der Waals surface area contributed by atoms with Gasteiger partial charge in [0.05, 0.1) is 62.2 Å². The Bertz CT molecular complexity index is 2490. The number of ether oxygens (including phenoxy) is 6. The maximum absolute atomic E-state index is 11.0. The average molecular weight is 877 g/mol. The lowest BCUT2D eigenvalue weighted by atomic mass is 9.94. The summed E-state index contributed by atoms with van der Waals surface area (Å²) in [7, 11) is 16.7. The van der Waals surface area contributed by atoms with Crippen LogP contribution in [0.15, 0.2) is 92.4 Å². The maximum atomic E-state index is 11.0. The number of phenols is 2. The van der Waals surface area contributed by atoms with Gasteiger partial charge >= 0.3 is 0 Å². The predicted molar refractivity (Wildman–Crippen MR) is 242 cm³/mol. The van der Waals surface area contributed by atoms with Crippen LogP contribution < -0.4 is 28.4 Å². The second-order valence-electron chi connectivity index (χ2n) is 15.1. The van der Waals surface area contributed by atoms with E-state index >= 15 is 0 Å². The fourth-order valence-electron chi connectivity index (χ4n) is 8.50. The second-order valence-corrected chi connectivity index (χ2v) is 19.5. The van der Waals surface area contributed by atoms with E-state index in [0.29, 0.717) is 50.0 Å². The molecular formula is C48H44O8S4. The summed E-state index contributed by atoms with van der Waals surface area (Å²) in [5, 5.41) is 22.0. The van der Waals surface area contributed by atoms with Crippen molar-refractivity contribution in [3.8, 4) is 46.0 Å². The molecule has 8 nitrogen and oxygen atoms in total. The number of phenolic OH excluding ortho intramolecular Hbond substituents is 2. The van der Waals surface area contributed by atoms with Crippen LogP contribution in [0.2, 0.25) is 0 Å². The largest absolute Gasteiger partial charge is 0.504 e. The first-order valence-electron chi connectivity index (χ1n) is 19.4. The molecule has 2 N–H and O–H groups in total. The van der Waals surface area contributed by atoms with Crippen LogP contribution in [-0.2, 0) is 38.5 Å². The molecule has 0 amide bonds. The molecule has 308 valence electrons. The van der Waals surface area contributed by atoms with Gasteiger partial charge in [0.25, 0.3) is 0 Å². The summed E-state index contributed by atoms with van der Waals surface area (Å²) in [5.41, 5.74) is 13.5. The lowest BCUT2D eigenvalue weighted by Crippen LogP contribution is -2.02. The summed E-state index contributed by atoms with van der Waals surface area (Å²) in [4.78, 5) is 3.99. The zero-order valence-electron chi connectivity index (χ0n) is 34.1. The normalized spacial score (nSPS) is 14.0. The van der Waals surface area contributed by atoms with E-state index in [1.807, 2.05) is 24.3 Å². The lowest BCUT2D eigenvalue weighted by molar-refractivity contribution is 0.372. The number of hydrogen-bond donors (Lipinski definition) is 2. The Morgan fingerprint density at radius 2 is 0.467 bits per heavy atom. The molecule has 60 heavy (non-hydrogen) atoms. The van der Waals surface area contributed by atoms with Gasteiger partial charge in [0.1, 0.15) is 23.0 Å². The molecule has 6 aromatic rings. The average Bonchev–Trinajstić information content (AvgIpc) is 3.35. The third kappa shape index (κ3) is 7.67. The minimum absolute atomic E-state index is 0.117. The second kappa shape index (κ2) is 16.9. The summed E-state index contributed by atoms with van der Waals surface area (Å²) in [6.07, 6.45) is 3.88. The SMILES string of the molecule is COc1cc2c(cc1O)Cc1cc(OC)c3cc1Cc1cc(OC)c(cc1C2)SSc1cc2c(cc1OC)Cc1cc(c(OC)cc1Cc1cc(O)c(OC)cc1C2)SS3. The topological polar surface area (TPSA) is 95.8 Å². The van der Waals surface area contributed by atoms with Crippen LogP contribution in [0.3, 0.4) is 0 Å². The van der Waals surface area contributed by atoms with Gasteiger partial charge in [0.15, 0.2) is 23.0 Å². The number of hydrogen-bond acceptors (Lipinski definition) is 12. The minimum atomic E-state index is 0.117. The molecule has 0 saturated heterocycles. The summed E-state index contributed by atoms with van der Waals surface area (Å²) in [6, 6.07) is 25.3. The standard InChI is InChI=1S/C48H44O8S4/c1-51-39-15-27-9-33-21-45-43(55-5)19-31(33)11-35-23-47(41(53-3)17-29(35)7-25(27)13-37(39)49)59-60-48-24-36-12-32-20-44(56-6)46(58-57-45)22-34(32)10-28-16-40(52-2)38(50)14-26(28)8-30(36)18-42(48)54-4/h13-24,49-50H,7-12H2,1-6H3. The van der Waals surface area contributed by atoms with Gasteiger partial charge in [-0.1, -0.05) is 0 Å². The van der Waals surface area contributed by atoms with E-state index in [4.69, 9.17) is 28.4 Å². The summed E-state index contributed by atoms with van der Waals surface area (Å²) >= 11 is 0. The molecule has 6 aromatic carbocycles. The number of rotatable bonds is 6. The Labute approximate surface area is 366 Å². The number of aromatic hydroxyl groups is 2. The van der Waals surface area contributed by atoms with Crippen LogP contribution in [0, 0.1) is 0 Å². The maximum Gasteiger partial charge on any atom is 0.160 e. The van der Waals surface area contributed by atoms with Crippen molar-refractivity contribution in [1.29, 1.82) is 0 Å². The molecule has 3 aliphatic heterocycles. The Kier molecular flexibility index (Phi) is 11.4. The first kappa shape index (κ1) is 40.5. The molecule has 5 aliphatic rings. The first-order chi connectivity index (χ1) is 29.2. The first-order valence-corrected chi connectivity index (χ1v) is 23.7. The van der Waals surface area contributed by atoms with Crippen molar-refractivity contribution in [3.05, 3.63) is 140 Å². The van der Waals surface area contributed by atoms with E-state index < -0.39 is 0 Å². The highest BCUT2D eigenvalue weighted by molar-refractivity contribution is 8.77. The van der Waals surface area contributed by atoms with E-state index in [2.05, 4.69) is 48.5 Å². The zero-order valence-corrected chi connectivity index (χ0v) is 37.4. The molecule has 0 unspecified atom stereocenters. The van der Waals surface area contributed by atoms with Gasteiger partial charge in [-0.2, -0.15) is 0 Å². The van der Waals surface area contributed by atoms with Crippen molar-refractivity contribution in [1.82, 2.24) is 0 Å². The molecule has 0 radical (unpaired) electrons. The van der Waals surface area contributed by atoms with Gasteiger partial charge in [0, 0.05) is 0 Å². The molecule has 11 rings (SSSR count). The van der Waals surface area contributed by atoms with Crippen LogP contribution in [0.5, 0.6) is 46.0 Å². The van der Waals surface area contributed by atoms with Gasteiger partial charge in [-0.15, -0.1) is 0 Å². The number of fused-ring (bicyclic) bond motifs is 3. The summed E-state index contributed by atoms with van der Waals surface area (Å²) in [5.74, 6) is 4.27. The van der Waals surface area contributed by atoms with Gasteiger partial charge in [-0.3, -0.25) is 0 Å². The Hall–Kier alpha value is -4.88. The molecule has 2 aliphatic carbocycles. The van der Waals surface area contributed by atoms with Crippen LogP contribution in [-0.4, -0.2) is 52.9 Å². The molecule has 12 heteroatoms. The van der Waals surface area contributed by atoms with Gasteiger partial charge in [0.2, 0.25) is 0 Å². The fraction of sp³-hybridized carbons (Fsp3) is 0.250. The molecule has 0 aromatic heterocycles. The van der Waals surface area contributed by atoms with Gasteiger partial charge in [-0.25, -0.2) is 0 Å². The van der Waals surface area contributed by atoms with E-state index in [1.54, 1.807) is 85.8 Å². The Morgan fingerprint density at radius 3 is 0.683 bits per heavy atom. The van der Waals surface area contributed by atoms with Crippen molar-refractivity contribution >= 4 is 43.2 Å². The van der Waals surface area contributed by atoms with Crippen molar-refractivity contribution < 1.29 is 38.6 Å². The van der Waals surface area contributed by atoms with E-state index in [1.165, 1.54) is 22.3 Å². The molecule has 3 heterocycles. The van der Waals surface area contributed by atoms with Gasteiger partial charge in [-0.05, 0) is 221 Å². The quantitative estimate of drug-likeness (QED) is 0.156. The van der Waals surface area contributed by atoms with Crippen molar-refractivity contribution in [2.45, 2.75) is 58.1 Å². The molecule has 0 atom stereocenters. The highest BCUT2D eigenvalue weighted by atomic mass is 33.1. The van der Waals surface area contributed by atoms with Crippen LogP contribution in [0.1, 0.15) is 66.8 Å². The van der Waals surface area contributed by atoms with E-state index in [-0.39, 0.29) is 11.5 Å². The highest BCUT2D eigenvalue weighted by Crippen LogP contribution is 2.51. The van der Waals surface area contributed by atoms with Gasteiger partial charge < -0.3 is 38.6 Å². The highest BCUT2D eigenvalue weighted by Gasteiger charge is 2.25. The molecule has 10 bridgehead atoms. The summed E-state index contributed by atoms with van der Waals surface area (Å²) in [6.45, 7) is 0. The zero-order chi connectivity index (χ0) is 41.7. The molecule has 0 saturated carbocycles. The lowest BCUT2D eigenvalue weighted by Gasteiger charge is -2.19. The van der Waals surface area contributed by atoms with E-state index in [9.17, 15) is 10.2 Å². The third-order valence-corrected chi connectivity index (χ3v) is 16.5. The number of methoxy groups -OCH3 is 6. The van der Waals surface area contributed by atoms with E-state index in [0.717, 1.165) is 87.1 Å². The third-order valence-electron chi connectivity index (χ3n) is 11.7. The molecule has 0 spiro atoms.